The Balaban J connectivity index is 3.35. The smallest absolute Gasteiger partial charge is 0.336 e. The van der Waals surface area contributed by atoms with Gasteiger partial charge in [-0.3, -0.25) is 0 Å². The lowest BCUT2D eigenvalue weighted by atomic mass is 10.1. The van der Waals surface area contributed by atoms with Crippen LogP contribution in [0.1, 0.15) is 15.9 Å². The maximum atomic E-state index is 10.6. The van der Waals surface area contributed by atoms with Gasteiger partial charge in [-0.05, 0) is 28.1 Å². The van der Waals surface area contributed by atoms with Crippen LogP contribution in [0.25, 0.3) is 0 Å². The lowest BCUT2D eigenvalue weighted by Gasteiger charge is -1.98. The number of carboxylic acids is 1. The van der Waals surface area contributed by atoms with E-state index < -0.39 is 5.97 Å². The first-order valence-corrected chi connectivity index (χ1v) is 3.88. The average molecular weight is 226 g/mol. The Bertz CT molecular complexity index is 368. The SMILES string of the molecule is N#Cc1cccc(C(=O)O)c1Br. The summed E-state index contributed by atoms with van der Waals surface area (Å²) in [7, 11) is 0. The maximum Gasteiger partial charge on any atom is 0.336 e. The van der Waals surface area contributed by atoms with Crippen molar-refractivity contribution in [3.8, 4) is 6.07 Å². The summed E-state index contributed by atoms with van der Waals surface area (Å²) in [5.74, 6) is -1.04. The van der Waals surface area contributed by atoms with Gasteiger partial charge in [0.15, 0.2) is 0 Å². The third-order valence-electron chi connectivity index (χ3n) is 1.35. The molecular weight excluding hydrogens is 222 g/mol. The van der Waals surface area contributed by atoms with Crippen LogP contribution in [0.4, 0.5) is 0 Å². The molecule has 1 N–H and O–H groups in total. The van der Waals surface area contributed by atoms with E-state index in [9.17, 15) is 4.79 Å². The molecule has 1 rings (SSSR count). The minimum Gasteiger partial charge on any atom is -0.478 e. The van der Waals surface area contributed by atoms with Gasteiger partial charge in [-0.15, -0.1) is 0 Å². The first-order valence-electron chi connectivity index (χ1n) is 3.08. The van der Waals surface area contributed by atoms with Gasteiger partial charge in [-0.25, -0.2) is 4.79 Å². The Morgan fingerprint density at radius 1 is 1.58 bits per heavy atom. The summed E-state index contributed by atoms with van der Waals surface area (Å²) in [6.07, 6.45) is 0. The third kappa shape index (κ3) is 1.46. The summed E-state index contributed by atoms with van der Waals surface area (Å²) in [6.45, 7) is 0. The summed E-state index contributed by atoms with van der Waals surface area (Å²) >= 11 is 3.04. The fraction of sp³-hybridized carbons (Fsp3) is 0. The standard InChI is InChI=1S/C8H4BrNO2/c9-7-5(4-10)2-1-3-6(7)8(11)12/h1-3H,(H,11,12). The van der Waals surface area contributed by atoms with Crippen molar-refractivity contribution in [2.45, 2.75) is 0 Å². The van der Waals surface area contributed by atoms with Gasteiger partial charge in [-0.1, -0.05) is 6.07 Å². The topological polar surface area (TPSA) is 61.1 Å². The Morgan fingerprint density at radius 3 is 2.75 bits per heavy atom. The van der Waals surface area contributed by atoms with Gasteiger partial charge in [-0.2, -0.15) is 5.26 Å². The molecule has 0 aliphatic carbocycles. The second-order valence-corrected chi connectivity index (χ2v) is 2.88. The van der Waals surface area contributed by atoms with E-state index in [1.54, 1.807) is 6.07 Å². The summed E-state index contributed by atoms with van der Waals surface area (Å²) in [4.78, 5) is 10.6. The second-order valence-electron chi connectivity index (χ2n) is 2.08. The summed E-state index contributed by atoms with van der Waals surface area (Å²) in [6, 6.07) is 6.40. The molecule has 0 amide bonds. The fourth-order valence-electron chi connectivity index (χ4n) is 0.783. The van der Waals surface area contributed by atoms with Crippen LogP contribution in [0.15, 0.2) is 22.7 Å². The highest BCUT2D eigenvalue weighted by atomic mass is 79.9. The first kappa shape index (κ1) is 8.75. The van der Waals surface area contributed by atoms with E-state index >= 15 is 0 Å². The van der Waals surface area contributed by atoms with Crippen LogP contribution in [0.5, 0.6) is 0 Å². The molecule has 0 fully saturated rings. The predicted molar refractivity (Wildman–Crippen MR) is 45.8 cm³/mol. The quantitative estimate of drug-likeness (QED) is 0.796. The molecule has 4 heteroatoms. The Kier molecular flexibility index (Phi) is 2.46. The van der Waals surface area contributed by atoms with Crippen molar-refractivity contribution in [3.05, 3.63) is 33.8 Å². The molecule has 0 saturated carbocycles. The first-order chi connectivity index (χ1) is 5.66. The number of hydrogen-bond donors (Lipinski definition) is 1. The zero-order valence-electron chi connectivity index (χ0n) is 5.91. The monoisotopic (exact) mass is 225 g/mol. The van der Waals surface area contributed by atoms with E-state index in [0.29, 0.717) is 10.0 Å². The molecule has 0 unspecified atom stereocenters. The maximum absolute atomic E-state index is 10.6. The fourth-order valence-corrected chi connectivity index (χ4v) is 1.31. The molecule has 0 heterocycles. The number of nitrogens with zero attached hydrogens (tertiary/aromatic N) is 1. The predicted octanol–water partition coefficient (Wildman–Crippen LogP) is 2.02. The highest BCUT2D eigenvalue weighted by molar-refractivity contribution is 9.10. The van der Waals surface area contributed by atoms with Crippen molar-refractivity contribution < 1.29 is 9.90 Å². The van der Waals surface area contributed by atoms with Crippen LogP contribution in [-0.4, -0.2) is 11.1 Å². The number of benzene rings is 1. The van der Waals surface area contributed by atoms with Gasteiger partial charge in [0.2, 0.25) is 0 Å². The van der Waals surface area contributed by atoms with Crippen LogP contribution in [0.2, 0.25) is 0 Å². The van der Waals surface area contributed by atoms with Crippen LogP contribution in [0, 0.1) is 11.3 Å². The number of carboxylic acid groups (broad SMARTS) is 1. The van der Waals surface area contributed by atoms with Crippen LogP contribution in [0.3, 0.4) is 0 Å². The van der Waals surface area contributed by atoms with Crippen LogP contribution in [-0.2, 0) is 0 Å². The van der Waals surface area contributed by atoms with Crippen molar-refractivity contribution in [1.82, 2.24) is 0 Å². The minimum absolute atomic E-state index is 0.106. The second kappa shape index (κ2) is 3.37. The van der Waals surface area contributed by atoms with Crippen LogP contribution >= 0.6 is 15.9 Å². The summed E-state index contributed by atoms with van der Waals surface area (Å²) < 4.78 is 0.333. The third-order valence-corrected chi connectivity index (χ3v) is 2.20. The highest BCUT2D eigenvalue weighted by Crippen LogP contribution is 2.20. The molecule has 1 aromatic rings. The molecule has 12 heavy (non-hydrogen) atoms. The number of nitriles is 1. The number of rotatable bonds is 1. The molecule has 0 aliphatic rings. The Labute approximate surface area is 77.4 Å². The van der Waals surface area contributed by atoms with Crippen molar-refractivity contribution in [2.24, 2.45) is 0 Å². The highest BCUT2D eigenvalue weighted by Gasteiger charge is 2.10. The summed E-state index contributed by atoms with van der Waals surface area (Å²) in [5, 5.41) is 17.2. The minimum atomic E-state index is -1.04. The Hall–Kier alpha value is -1.34. The van der Waals surface area contributed by atoms with Crippen molar-refractivity contribution in [2.75, 3.05) is 0 Å². The molecular formula is C8H4BrNO2. The number of aromatic carboxylic acids is 1. The van der Waals surface area contributed by atoms with Crippen molar-refractivity contribution in [3.63, 3.8) is 0 Å². The molecule has 0 aromatic heterocycles. The van der Waals surface area contributed by atoms with Gasteiger partial charge in [0.05, 0.1) is 11.1 Å². The lowest BCUT2D eigenvalue weighted by molar-refractivity contribution is 0.0696. The van der Waals surface area contributed by atoms with E-state index in [1.165, 1.54) is 12.1 Å². The average Bonchev–Trinajstić information content (AvgIpc) is 2.04. The normalized spacial score (nSPS) is 9.00. The van der Waals surface area contributed by atoms with E-state index in [0.717, 1.165) is 0 Å². The van der Waals surface area contributed by atoms with Gasteiger partial charge in [0.25, 0.3) is 0 Å². The van der Waals surface area contributed by atoms with Gasteiger partial charge < -0.3 is 5.11 Å². The lowest BCUT2D eigenvalue weighted by Crippen LogP contribution is -1.98. The molecule has 0 atom stereocenters. The zero-order chi connectivity index (χ0) is 9.14. The van der Waals surface area contributed by atoms with Gasteiger partial charge in [0, 0.05) is 4.47 Å². The number of carbonyl (C=O) groups is 1. The van der Waals surface area contributed by atoms with Crippen molar-refractivity contribution in [1.29, 1.82) is 5.26 Å². The number of halogens is 1. The largest absolute Gasteiger partial charge is 0.478 e. The van der Waals surface area contributed by atoms with E-state index in [2.05, 4.69) is 15.9 Å². The molecule has 60 valence electrons. The number of hydrogen-bond acceptors (Lipinski definition) is 2. The molecule has 0 bridgehead atoms. The van der Waals surface area contributed by atoms with Crippen molar-refractivity contribution >= 4 is 21.9 Å². The van der Waals surface area contributed by atoms with E-state index in [-0.39, 0.29) is 5.56 Å². The Morgan fingerprint density at radius 2 is 2.25 bits per heavy atom. The van der Waals surface area contributed by atoms with Gasteiger partial charge >= 0.3 is 5.97 Å². The molecule has 3 nitrogen and oxygen atoms in total. The van der Waals surface area contributed by atoms with E-state index in [4.69, 9.17) is 10.4 Å². The summed E-state index contributed by atoms with van der Waals surface area (Å²) in [5.41, 5.74) is 0.434. The van der Waals surface area contributed by atoms with Gasteiger partial charge in [0.1, 0.15) is 6.07 Å². The molecule has 0 radical (unpaired) electrons. The zero-order valence-corrected chi connectivity index (χ0v) is 7.50. The van der Waals surface area contributed by atoms with E-state index in [1.807, 2.05) is 6.07 Å². The molecule has 0 aliphatic heterocycles. The molecule has 0 spiro atoms. The molecule has 1 aromatic carbocycles. The van der Waals surface area contributed by atoms with Crippen LogP contribution < -0.4 is 0 Å². The molecule has 0 saturated heterocycles.